The van der Waals surface area contributed by atoms with Crippen molar-refractivity contribution in [3.63, 3.8) is 0 Å². The lowest BCUT2D eigenvalue weighted by molar-refractivity contribution is 0.161. The summed E-state index contributed by atoms with van der Waals surface area (Å²) in [7, 11) is 1.51. The average Bonchev–Trinajstić information content (AvgIpc) is 2.16. The van der Waals surface area contributed by atoms with E-state index >= 15 is 0 Å². The van der Waals surface area contributed by atoms with Crippen molar-refractivity contribution in [1.29, 1.82) is 0 Å². The van der Waals surface area contributed by atoms with E-state index in [0.717, 1.165) is 0 Å². The summed E-state index contributed by atoms with van der Waals surface area (Å²) in [6.45, 7) is 4.02. The molecule has 0 spiro atoms. The molecule has 0 saturated heterocycles. The standard InChI is InChI=1S/C11H16FNO2/c1-7(2)11-9(12)4-8(6-13-14)5-10(11)15-3/h4-5,7,13-14H,6H2,1-3H3. The van der Waals surface area contributed by atoms with Gasteiger partial charge in [-0.2, -0.15) is 0 Å². The van der Waals surface area contributed by atoms with E-state index in [0.29, 0.717) is 16.9 Å². The summed E-state index contributed by atoms with van der Waals surface area (Å²) in [5.74, 6) is 0.293. The van der Waals surface area contributed by atoms with Crippen LogP contribution < -0.4 is 10.2 Å². The van der Waals surface area contributed by atoms with Crippen molar-refractivity contribution in [1.82, 2.24) is 5.48 Å². The van der Waals surface area contributed by atoms with Crippen LogP contribution in [0.1, 0.15) is 30.9 Å². The number of ether oxygens (including phenoxy) is 1. The molecule has 1 aromatic rings. The Morgan fingerprint density at radius 3 is 2.60 bits per heavy atom. The third kappa shape index (κ3) is 2.67. The summed E-state index contributed by atoms with van der Waals surface area (Å²) in [6.07, 6.45) is 0. The fourth-order valence-electron chi connectivity index (χ4n) is 1.57. The molecule has 0 atom stereocenters. The summed E-state index contributed by atoms with van der Waals surface area (Å²) < 4.78 is 18.8. The average molecular weight is 213 g/mol. The van der Waals surface area contributed by atoms with Gasteiger partial charge >= 0.3 is 0 Å². The van der Waals surface area contributed by atoms with Gasteiger partial charge in [0.05, 0.1) is 7.11 Å². The van der Waals surface area contributed by atoms with Crippen LogP contribution in [0.2, 0.25) is 0 Å². The maximum absolute atomic E-state index is 13.7. The number of hydroxylamine groups is 1. The van der Waals surface area contributed by atoms with Crippen LogP contribution in [-0.2, 0) is 6.54 Å². The molecular weight excluding hydrogens is 197 g/mol. The highest BCUT2D eigenvalue weighted by Crippen LogP contribution is 2.30. The Morgan fingerprint density at radius 2 is 2.13 bits per heavy atom. The van der Waals surface area contributed by atoms with Crippen molar-refractivity contribution in [2.24, 2.45) is 0 Å². The zero-order valence-electron chi connectivity index (χ0n) is 9.17. The van der Waals surface area contributed by atoms with Crippen molar-refractivity contribution in [2.75, 3.05) is 7.11 Å². The van der Waals surface area contributed by atoms with Crippen molar-refractivity contribution < 1.29 is 14.3 Å². The van der Waals surface area contributed by atoms with Gasteiger partial charge in [-0.05, 0) is 23.6 Å². The predicted molar refractivity (Wildman–Crippen MR) is 55.7 cm³/mol. The number of hydrogen-bond donors (Lipinski definition) is 2. The van der Waals surface area contributed by atoms with Gasteiger partial charge in [-0.25, -0.2) is 9.87 Å². The van der Waals surface area contributed by atoms with Crippen LogP contribution in [0.25, 0.3) is 0 Å². The molecule has 0 amide bonds. The van der Waals surface area contributed by atoms with Crippen LogP contribution >= 0.6 is 0 Å². The van der Waals surface area contributed by atoms with Gasteiger partial charge in [-0.1, -0.05) is 13.8 Å². The first-order valence-electron chi connectivity index (χ1n) is 4.83. The smallest absolute Gasteiger partial charge is 0.130 e. The van der Waals surface area contributed by atoms with E-state index in [1.807, 2.05) is 19.3 Å². The van der Waals surface area contributed by atoms with Crippen LogP contribution in [0.4, 0.5) is 4.39 Å². The maximum atomic E-state index is 13.7. The highest BCUT2D eigenvalue weighted by molar-refractivity contribution is 5.40. The monoisotopic (exact) mass is 213 g/mol. The molecule has 0 aliphatic carbocycles. The molecular formula is C11H16FNO2. The molecule has 3 nitrogen and oxygen atoms in total. The summed E-state index contributed by atoms with van der Waals surface area (Å²) in [5, 5.41) is 8.54. The van der Waals surface area contributed by atoms with Crippen molar-refractivity contribution in [3.05, 3.63) is 29.1 Å². The zero-order chi connectivity index (χ0) is 11.4. The summed E-state index contributed by atoms with van der Waals surface area (Å²) >= 11 is 0. The van der Waals surface area contributed by atoms with E-state index in [1.54, 1.807) is 6.07 Å². The number of halogens is 1. The minimum absolute atomic E-state index is 0.0658. The molecule has 0 radical (unpaired) electrons. The first kappa shape index (κ1) is 11.9. The van der Waals surface area contributed by atoms with E-state index in [1.165, 1.54) is 13.2 Å². The normalized spacial score (nSPS) is 10.8. The summed E-state index contributed by atoms with van der Waals surface area (Å²) in [6, 6.07) is 3.13. The van der Waals surface area contributed by atoms with Gasteiger partial charge in [-0.3, -0.25) is 0 Å². The van der Waals surface area contributed by atoms with Gasteiger partial charge in [0, 0.05) is 12.1 Å². The molecule has 84 valence electrons. The Labute approximate surface area is 88.8 Å². The minimum Gasteiger partial charge on any atom is -0.496 e. The van der Waals surface area contributed by atoms with Gasteiger partial charge in [0.1, 0.15) is 11.6 Å². The molecule has 4 heteroatoms. The van der Waals surface area contributed by atoms with E-state index in [4.69, 9.17) is 9.94 Å². The Bertz CT molecular complexity index is 340. The molecule has 15 heavy (non-hydrogen) atoms. The Kier molecular flexibility index (Phi) is 4.05. The third-order valence-electron chi connectivity index (χ3n) is 2.23. The second kappa shape index (κ2) is 5.09. The van der Waals surface area contributed by atoms with Gasteiger partial charge in [0.15, 0.2) is 0 Å². The molecule has 0 aromatic heterocycles. The highest BCUT2D eigenvalue weighted by atomic mass is 19.1. The van der Waals surface area contributed by atoms with Crippen LogP contribution in [0, 0.1) is 5.82 Å². The first-order valence-corrected chi connectivity index (χ1v) is 4.83. The molecule has 0 fully saturated rings. The topological polar surface area (TPSA) is 41.5 Å². The predicted octanol–water partition coefficient (Wildman–Crippen LogP) is 2.44. The number of benzene rings is 1. The quantitative estimate of drug-likeness (QED) is 0.755. The molecule has 0 bridgehead atoms. The second-order valence-corrected chi connectivity index (χ2v) is 3.68. The van der Waals surface area contributed by atoms with Crippen molar-refractivity contribution >= 4 is 0 Å². The largest absolute Gasteiger partial charge is 0.496 e. The lowest BCUT2D eigenvalue weighted by atomic mass is 9.99. The lowest BCUT2D eigenvalue weighted by Crippen LogP contribution is -2.08. The molecule has 0 saturated carbocycles. The van der Waals surface area contributed by atoms with Crippen LogP contribution in [0.15, 0.2) is 12.1 Å². The highest BCUT2D eigenvalue weighted by Gasteiger charge is 2.14. The maximum Gasteiger partial charge on any atom is 0.130 e. The Morgan fingerprint density at radius 1 is 1.47 bits per heavy atom. The van der Waals surface area contributed by atoms with Crippen LogP contribution in [-0.4, -0.2) is 12.3 Å². The Balaban J connectivity index is 3.18. The molecule has 0 aliphatic heterocycles. The number of nitrogens with one attached hydrogen (secondary N) is 1. The lowest BCUT2D eigenvalue weighted by Gasteiger charge is -2.14. The SMILES string of the molecule is COc1cc(CNO)cc(F)c1C(C)C. The van der Waals surface area contributed by atoms with Gasteiger partial charge in [-0.15, -0.1) is 0 Å². The van der Waals surface area contributed by atoms with Crippen molar-refractivity contribution in [2.45, 2.75) is 26.3 Å². The number of rotatable bonds is 4. The zero-order valence-corrected chi connectivity index (χ0v) is 9.17. The summed E-state index contributed by atoms with van der Waals surface area (Å²) in [5.41, 5.74) is 3.21. The number of methoxy groups -OCH3 is 1. The van der Waals surface area contributed by atoms with E-state index in [9.17, 15) is 4.39 Å². The first-order chi connectivity index (χ1) is 7.10. The van der Waals surface area contributed by atoms with Gasteiger partial charge < -0.3 is 9.94 Å². The number of hydrogen-bond acceptors (Lipinski definition) is 3. The minimum atomic E-state index is -0.297. The van der Waals surface area contributed by atoms with Gasteiger partial charge in [0.2, 0.25) is 0 Å². The fourth-order valence-corrected chi connectivity index (χ4v) is 1.57. The molecule has 1 aromatic carbocycles. The molecule has 0 aliphatic rings. The van der Waals surface area contributed by atoms with Crippen molar-refractivity contribution in [3.8, 4) is 5.75 Å². The third-order valence-corrected chi connectivity index (χ3v) is 2.23. The van der Waals surface area contributed by atoms with Gasteiger partial charge in [0.25, 0.3) is 0 Å². The molecule has 0 unspecified atom stereocenters. The molecule has 1 rings (SSSR count). The van der Waals surface area contributed by atoms with E-state index in [-0.39, 0.29) is 18.3 Å². The Hall–Kier alpha value is -1.13. The van der Waals surface area contributed by atoms with Crippen LogP contribution in [0.5, 0.6) is 5.75 Å². The fraction of sp³-hybridized carbons (Fsp3) is 0.455. The molecule has 0 heterocycles. The van der Waals surface area contributed by atoms with Crippen LogP contribution in [0.3, 0.4) is 0 Å². The second-order valence-electron chi connectivity index (χ2n) is 3.68. The van der Waals surface area contributed by atoms with E-state index < -0.39 is 0 Å². The molecule has 2 N–H and O–H groups in total. The van der Waals surface area contributed by atoms with E-state index in [2.05, 4.69) is 0 Å². The summed E-state index contributed by atoms with van der Waals surface area (Å²) in [4.78, 5) is 0.